The maximum Gasteiger partial charge on any atom is 0.274 e. The summed E-state index contributed by atoms with van der Waals surface area (Å²) >= 11 is 0. The molecule has 0 bridgehead atoms. The Balaban J connectivity index is 1.67. The topological polar surface area (TPSA) is 71.1 Å². The second-order valence-electron chi connectivity index (χ2n) is 5.38. The highest BCUT2D eigenvalue weighted by Crippen LogP contribution is 2.18. The third-order valence-corrected chi connectivity index (χ3v) is 4.68. The summed E-state index contributed by atoms with van der Waals surface area (Å²) in [4.78, 5) is 16.7. The molecule has 0 spiro atoms. The Morgan fingerprint density at radius 3 is 2.36 bits per heavy atom. The van der Waals surface area contributed by atoms with Gasteiger partial charge in [-0.25, -0.2) is 4.21 Å². The molecular formula is C19H17N3O2S. The molecule has 1 atom stereocenters. The van der Waals surface area contributed by atoms with E-state index in [9.17, 15) is 9.00 Å². The van der Waals surface area contributed by atoms with Crippen molar-refractivity contribution in [3.05, 3.63) is 84.2 Å². The first-order chi connectivity index (χ1) is 12.1. The lowest BCUT2D eigenvalue weighted by molar-refractivity contribution is 0.102. The first-order valence-electron chi connectivity index (χ1n) is 7.70. The number of nitrogens with one attached hydrogen (secondary N) is 2. The summed E-state index contributed by atoms with van der Waals surface area (Å²) in [6.07, 6.45) is 1.57. The molecule has 1 aromatic heterocycles. The summed E-state index contributed by atoms with van der Waals surface area (Å²) in [6.45, 7) is 1.95. The van der Waals surface area contributed by atoms with Crippen LogP contribution >= 0.6 is 0 Å². The number of hydrogen-bond acceptors (Lipinski definition) is 3. The number of benzene rings is 2. The molecule has 0 radical (unpaired) electrons. The van der Waals surface area contributed by atoms with Crippen LogP contribution < -0.4 is 10.0 Å². The van der Waals surface area contributed by atoms with Gasteiger partial charge in [-0.2, -0.15) is 0 Å². The largest absolute Gasteiger partial charge is 0.321 e. The third kappa shape index (κ3) is 4.30. The van der Waals surface area contributed by atoms with Crippen molar-refractivity contribution in [2.75, 3.05) is 10.0 Å². The Morgan fingerprint density at radius 1 is 0.960 bits per heavy atom. The molecule has 3 rings (SSSR count). The van der Waals surface area contributed by atoms with E-state index >= 15 is 0 Å². The van der Waals surface area contributed by atoms with Crippen molar-refractivity contribution in [2.24, 2.45) is 0 Å². The first kappa shape index (κ1) is 16.9. The number of rotatable bonds is 5. The van der Waals surface area contributed by atoms with Gasteiger partial charge in [0.1, 0.15) is 16.7 Å². The molecule has 0 fully saturated rings. The number of pyridine rings is 1. The normalized spacial score (nSPS) is 11.6. The molecule has 3 aromatic rings. The van der Waals surface area contributed by atoms with Crippen LogP contribution in [0.15, 0.2) is 77.8 Å². The average Bonchev–Trinajstić information content (AvgIpc) is 2.65. The minimum atomic E-state index is -1.38. The van der Waals surface area contributed by atoms with Crippen LogP contribution in [0.5, 0.6) is 0 Å². The van der Waals surface area contributed by atoms with Crippen LogP contribution in [-0.4, -0.2) is 15.1 Å². The molecule has 6 heteroatoms. The smallest absolute Gasteiger partial charge is 0.274 e. The van der Waals surface area contributed by atoms with Gasteiger partial charge in [-0.3, -0.25) is 9.78 Å². The molecule has 0 saturated carbocycles. The van der Waals surface area contributed by atoms with Crippen molar-refractivity contribution < 1.29 is 9.00 Å². The molecule has 1 amide bonds. The Kier molecular flexibility index (Phi) is 5.20. The lowest BCUT2D eigenvalue weighted by Gasteiger charge is -2.09. The number of hydrogen-bond donors (Lipinski definition) is 2. The van der Waals surface area contributed by atoms with Gasteiger partial charge >= 0.3 is 0 Å². The predicted molar refractivity (Wildman–Crippen MR) is 99.8 cm³/mol. The number of amides is 1. The van der Waals surface area contributed by atoms with Crippen LogP contribution in [0.25, 0.3) is 0 Å². The molecule has 2 N–H and O–H groups in total. The van der Waals surface area contributed by atoms with Crippen LogP contribution in [0.2, 0.25) is 0 Å². The molecule has 0 aliphatic rings. The highest BCUT2D eigenvalue weighted by atomic mass is 32.2. The number of aromatic nitrogens is 1. The lowest BCUT2D eigenvalue weighted by atomic mass is 10.2. The molecule has 126 valence electrons. The van der Waals surface area contributed by atoms with E-state index in [1.54, 1.807) is 48.7 Å². The van der Waals surface area contributed by atoms with Gasteiger partial charge in [0.25, 0.3) is 5.91 Å². The fraction of sp³-hybridized carbons (Fsp3) is 0.0526. The van der Waals surface area contributed by atoms with E-state index in [1.165, 1.54) is 0 Å². The van der Waals surface area contributed by atoms with Crippen LogP contribution in [0.4, 0.5) is 11.4 Å². The van der Waals surface area contributed by atoms with Crippen molar-refractivity contribution in [3.63, 3.8) is 0 Å². The Labute approximate surface area is 148 Å². The van der Waals surface area contributed by atoms with E-state index in [1.807, 2.05) is 31.2 Å². The van der Waals surface area contributed by atoms with Gasteiger partial charge in [0, 0.05) is 17.6 Å². The number of carbonyl (C=O) groups excluding carboxylic acids is 1. The predicted octanol–water partition coefficient (Wildman–Crippen LogP) is 3.78. The van der Waals surface area contributed by atoms with Crippen molar-refractivity contribution in [1.82, 2.24) is 4.98 Å². The van der Waals surface area contributed by atoms with E-state index in [-0.39, 0.29) is 5.91 Å². The molecule has 0 aliphatic carbocycles. The van der Waals surface area contributed by atoms with Crippen LogP contribution in [0.1, 0.15) is 16.1 Å². The molecule has 1 unspecified atom stereocenters. The molecule has 5 nitrogen and oxygen atoms in total. The minimum Gasteiger partial charge on any atom is -0.321 e. The quantitative estimate of drug-likeness (QED) is 0.735. The number of para-hydroxylation sites is 1. The average molecular weight is 351 g/mol. The van der Waals surface area contributed by atoms with Gasteiger partial charge in [-0.05, 0) is 55.0 Å². The van der Waals surface area contributed by atoms with Crippen molar-refractivity contribution >= 4 is 28.3 Å². The van der Waals surface area contributed by atoms with Crippen molar-refractivity contribution in [3.8, 4) is 0 Å². The van der Waals surface area contributed by atoms with E-state index < -0.39 is 11.0 Å². The van der Waals surface area contributed by atoms with Gasteiger partial charge in [0.2, 0.25) is 0 Å². The van der Waals surface area contributed by atoms with Gasteiger partial charge in [-0.1, -0.05) is 24.3 Å². The molecule has 0 aliphatic heterocycles. The highest BCUT2D eigenvalue weighted by Gasteiger charge is 2.09. The number of carbonyl (C=O) groups is 1. The second-order valence-corrected chi connectivity index (χ2v) is 6.59. The van der Waals surface area contributed by atoms with Crippen LogP contribution in [-0.2, 0) is 11.0 Å². The summed E-state index contributed by atoms with van der Waals surface area (Å²) in [6, 6.07) is 19.7. The standard InChI is InChI=1S/C19H17N3O2S/c1-14-6-2-3-7-17(14)22-25(24)16-11-9-15(10-12-16)21-19(23)18-8-4-5-13-20-18/h2-13,22H,1H3,(H,21,23). The summed E-state index contributed by atoms with van der Waals surface area (Å²) in [5, 5.41) is 2.76. The van der Waals surface area contributed by atoms with E-state index in [0.717, 1.165) is 11.3 Å². The SMILES string of the molecule is Cc1ccccc1NS(=O)c1ccc(NC(=O)c2ccccn2)cc1. The Hall–Kier alpha value is -2.99. The summed E-state index contributed by atoms with van der Waals surface area (Å²) < 4.78 is 15.4. The van der Waals surface area contributed by atoms with Crippen LogP contribution in [0, 0.1) is 6.92 Å². The zero-order chi connectivity index (χ0) is 17.6. The summed E-state index contributed by atoms with van der Waals surface area (Å²) in [5.41, 5.74) is 2.81. The molecule has 0 saturated heterocycles. The van der Waals surface area contributed by atoms with Crippen LogP contribution in [0.3, 0.4) is 0 Å². The molecule has 1 heterocycles. The molecule has 2 aromatic carbocycles. The first-order valence-corrected chi connectivity index (χ1v) is 8.85. The van der Waals surface area contributed by atoms with E-state index in [0.29, 0.717) is 16.3 Å². The third-order valence-electron chi connectivity index (χ3n) is 3.57. The molecule has 25 heavy (non-hydrogen) atoms. The summed E-state index contributed by atoms with van der Waals surface area (Å²) in [5.74, 6) is -0.285. The fourth-order valence-electron chi connectivity index (χ4n) is 2.20. The maximum absolute atomic E-state index is 12.4. The van der Waals surface area contributed by atoms with Gasteiger partial charge < -0.3 is 10.0 Å². The summed E-state index contributed by atoms with van der Waals surface area (Å²) in [7, 11) is -1.38. The highest BCUT2D eigenvalue weighted by molar-refractivity contribution is 7.86. The number of nitrogens with zero attached hydrogens (tertiary/aromatic N) is 1. The zero-order valence-corrected chi connectivity index (χ0v) is 14.4. The number of aryl methyl sites for hydroxylation is 1. The van der Waals surface area contributed by atoms with Crippen molar-refractivity contribution in [2.45, 2.75) is 11.8 Å². The van der Waals surface area contributed by atoms with Gasteiger partial charge in [0.05, 0.1) is 4.90 Å². The van der Waals surface area contributed by atoms with Crippen molar-refractivity contribution in [1.29, 1.82) is 0 Å². The van der Waals surface area contributed by atoms with E-state index in [4.69, 9.17) is 0 Å². The van der Waals surface area contributed by atoms with Gasteiger partial charge in [-0.15, -0.1) is 0 Å². The van der Waals surface area contributed by atoms with Gasteiger partial charge in [0.15, 0.2) is 0 Å². The van der Waals surface area contributed by atoms with E-state index in [2.05, 4.69) is 15.0 Å². The monoisotopic (exact) mass is 351 g/mol. The lowest BCUT2D eigenvalue weighted by Crippen LogP contribution is -2.13. The minimum absolute atomic E-state index is 0.285. The Bertz CT molecular complexity index is 896. The molecular weight excluding hydrogens is 334 g/mol. The number of anilines is 2. The maximum atomic E-state index is 12.4. The Morgan fingerprint density at radius 2 is 1.68 bits per heavy atom. The zero-order valence-electron chi connectivity index (χ0n) is 13.6. The second kappa shape index (κ2) is 7.72. The fourth-order valence-corrected chi connectivity index (χ4v) is 3.13.